The molecule has 1 amide bonds. The van der Waals surface area contributed by atoms with Gasteiger partial charge in [-0.25, -0.2) is 14.8 Å². The van der Waals surface area contributed by atoms with Gasteiger partial charge in [-0.05, 0) is 46.2 Å². The van der Waals surface area contributed by atoms with Crippen LogP contribution in [0.1, 0.15) is 33.3 Å². The van der Waals surface area contributed by atoms with Crippen LogP contribution in [-0.2, 0) is 4.74 Å². The molecule has 25 heavy (non-hydrogen) atoms. The molecule has 2 rings (SSSR count). The van der Waals surface area contributed by atoms with Crippen molar-refractivity contribution in [1.82, 2.24) is 15.3 Å². The molecule has 2 heterocycles. The Morgan fingerprint density at radius 3 is 2.72 bits per heavy atom. The predicted molar refractivity (Wildman–Crippen MR) is 93.8 cm³/mol. The molecule has 8 heteroatoms. The first-order valence-electron chi connectivity index (χ1n) is 7.84. The lowest BCUT2D eigenvalue weighted by Crippen LogP contribution is -2.40. The van der Waals surface area contributed by atoms with Crippen molar-refractivity contribution in [3.63, 3.8) is 0 Å². The first-order valence-corrected chi connectivity index (χ1v) is 8.22. The van der Waals surface area contributed by atoms with E-state index in [1.165, 1.54) is 6.20 Å². The number of carbonyl (C=O) groups is 1. The lowest BCUT2D eigenvalue weighted by molar-refractivity contribution is 0.0489. The normalized spacial score (nSPS) is 12.6. The molecule has 0 unspecified atom stereocenters. The molecular formula is C17H22ClN3O4. The average molecular weight is 368 g/mol. The zero-order valence-electron chi connectivity index (χ0n) is 14.9. The number of carbonyl (C=O) groups excluding carboxylic acids is 1. The Morgan fingerprint density at radius 2 is 2.08 bits per heavy atom. The summed E-state index contributed by atoms with van der Waals surface area (Å²) >= 11 is 5.84. The van der Waals surface area contributed by atoms with E-state index in [1.807, 2.05) is 6.92 Å². The molecule has 0 aliphatic carbocycles. The van der Waals surface area contributed by atoms with Gasteiger partial charge in [-0.15, -0.1) is 0 Å². The molecule has 0 aromatic carbocycles. The average Bonchev–Trinajstić information content (AvgIpc) is 2.91. The zero-order valence-corrected chi connectivity index (χ0v) is 15.7. The summed E-state index contributed by atoms with van der Waals surface area (Å²) in [6, 6.07) is 1.47. The van der Waals surface area contributed by atoms with Crippen molar-refractivity contribution in [3.8, 4) is 17.4 Å². The standard InChI is InChI=1S/C17H22ClN3O4/c1-10-6-13(18)19-7-12(10)15-20-8-14(24-15)23-9-11(2)21-16(22)25-17(3,4)5/h6-8,11H,9H2,1-5H3,(H,21,22)/t11-/m0/s1. The SMILES string of the molecule is Cc1cc(Cl)ncc1-c1ncc(OC[C@H](C)NC(=O)OC(C)(C)C)o1. The van der Waals surface area contributed by atoms with Crippen molar-refractivity contribution in [3.05, 3.63) is 29.2 Å². The quantitative estimate of drug-likeness (QED) is 0.804. The topological polar surface area (TPSA) is 86.5 Å². The molecule has 0 fully saturated rings. The maximum Gasteiger partial charge on any atom is 0.407 e. The summed E-state index contributed by atoms with van der Waals surface area (Å²) in [6.45, 7) is 9.31. The third-order valence-electron chi connectivity index (χ3n) is 3.03. The minimum Gasteiger partial charge on any atom is -0.462 e. The Kier molecular flexibility index (Phi) is 5.89. The van der Waals surface area contributed by atoms with Gasteiger partial charge in [0, 0.05) is 6.20 Å². The molecule has 0 saturated heterocycles. The summed E-state index contributed by atoms with van der Waals surface area (Å²) in [5.74, 6) is 0.645. The smallest absolute Gasteiger partial charge is 0.407 e. The Labute approximate surface area is 151 Å². The number of nitrogens with one attached hydrogen (secondary N) is 1. The van der Waals surface area contributed by atoms with Crippen LogP contribution in [0.3, 0.4) is 0 Å². The molecule has 0 bridgehead atoms. The molecule has 2 aromatic heterocycles. The Hall–Kier alpha value is -2.28. The number of aromatic nitrogens is 2. The second-order valence-corrected chi connectivity index (χ2v) is 7.05. The summed E-state index contributed by atoms with van der Waals surface area (Å²) in [6.07, 6.45) is 2.58. The van der Waals surface area contributed by atoms with E-state index >= 15 is 0 Å². The van der Waals surface area contributed by atoms with Gasteiger partial charge >= 0.3 is 12.0 Å². The summed E-state index contributed by atoms with van der Waals surface area (Å²) in [5, 5.41) is 3.10. The summed E-state index contributed by atoms with van der Waals surface area (Å²) in [7, 11) is 0. The van der Waals surface area contributed by atoms with Crippen LogP contribution < -0.4 is 10.1 Å². The van der Waals surface area contributed by atoms with E-state index in [4.69, 9.17) is 25.5 Å². The number of aryl methyl sites for hydroxylation is 1. The Morgan fingerprint density at radius 1 is 1.36 bits per heavy atom. The molecule has 0 spiro atoms. The van der Waals surface area contributed by atoms with Gasteiger partial charge in [0.15, 0.2) is 0 Å². The fraction of sp³-hybridized carbons (Fsp3) is 0.471. The van der Waals surface area contributed by atoms with E-state index < -0.39 is 11.7 Å². The van der Waals surface area contributed by atoms with E-state index in [0.29, 0.717) is 11.0 Å². The summed E-state index contributed by atoms with van der Waals surface area (Å²) in [5.41, 5.74) is 1.09. The number of ether oxygens (including phenoxy) is 2. The number of alkyl carbamates (subject to hydrolysis) is 1. The molecule has 0 aliphatic rings. The molecular weight excluding hydrogens is 346 g/mol. The van der Waals surface area contributed by atoms with Crippen molar-refractivity contribution in [2.75, 3.05) is 6.61 Å². The molecule has 0 saturated carbocycles. The van der Waals surface area contributed by atoms with Crippen LogP contribution >= 0.6 is 11.6 Å². The number of oxazole rings is 1. The Bertz CT molecular complexity index is 740. The van der Waals surface area contributed by atoms with Crippen molar-refractivity contribution < 1.29 is 18.7 Å². The summed E-state index contributed by atoms with van der Waals surface area (Å²) in [4.78, 5) is 19.9. The Balaban J connectivity index is 1.90. The predicted octanol–water partition coefficient (Wildman–Crippen LogP) is 3.99. The largest absolute Gasteiger partial charge is 0.462 e. The number of hydrogen-bond acceptors (Lipinski definition) is 6. The second-order valence-electron chi connectivity index (χ2n) is 6.66. The number of nitrogens with zero attached hydrogens (tertiary/aromatic N) is 2. The van der Waals surface area contributed by atoms with Crippen molar-refractivity contribution in [2.24, 2.45) is 0 Å². The number of halogens is 1. The van der Waals surface area contributed by atoms with Crippen LogP contribution in [0.2, 0.25) is 5.15 Å². The fourth-order valence-corrected chi connectivity index (χ4v) is 2.17. The summed E-state index contributed by atoms with van der Waals surface area (Å²) < 4.78 is 16.3. The van der Waals surface area contributed by atoms with Gasteiger partial charge in [-0.3, -0.25) is 0 Å². The van der Waals surface area contributed by atoms with E-state index in [0.717, 1.165) is 11.1 Å². The van der Waals surface area contributed by atoms with Crippen LogP contribution in [0.5, 0.6) is 5.95 Å². The van der Waals surface area contributed by atoms with E-state index in [1.54, 1.807) is 40.0 Å². The molecule has 2 aromatic rings. The number of hydrogen-bond donors (Lipinski definition) is 1. The van der Waals surface area contributed by atoms with Gasteiger partial charge in [-0.1, -0.05) is 11.6 Å². The van der Waals surface area contributed by atoms with Gasteiger partial charge in [0.05, 0.1) is 11.6 Å². The van der Waals surface area contributed by atoms with Gasteiger partial charge in [0.25, 0.3) is 0 Å². The lowest BCUT2D eigenvalue weighted by Gasteiger charge is -2.21. The lowest BCUT2D eigenvalue weighted by atomic mass is 10.2. The highest BCUT2D eigenvalue weighted by Gasteiger charge is 2.18. The molecule has 1 N–H and O–H groups in total. The van der Waals surface area contributed by atoms with Gasteiger partial charge in [-0.2, -0.15) is 0 Å². The van der Waals surface area contributed by atoms with Crippen LogP contribution in [-0.4, -0.2) is 34.3 Å². The molecule has 0 aliphatic heterocycles. The van der Waals surface area contributed by atoms with E-state index in [2.05, 4.69) is 15.3 Å². The third kappa shape index (κ3) is 5.94. The zero-order chi connectivity index (χ0) is 18.6. The van der Waals surface area contributed by atoms with E-state index in [9.17, 15) is 4.79 Å². The van der Waals surface area contributed by atoms with Crippen LogP contribution in [0, 0.1) is 6.92 Å². The van der Waals surface area contributed by atoms with Crippen LogP contribution in [0.4, 0.5) is 4.79 Å². The molecule has 7 nitrogen and oxygen atoms in total. The van der Waals surface area contributed by atoms with Crippen molar-refractivity contribution >= 4 is 17.7 Å². The molecule has 1 atom stereocenters. The second kappa shape index (κ2) is 7.74. The molecule has 136 valence electrons. The van der Waals surface area contributed by atoms with E-state index in [-0.39, 0.29) is 18.6 Å². The highest BCUT2D eigenvalue weighted by molar-refractivity contribution is 6.29. The third-order valence-corrected chi connectivity index (χ3v) is 3.24. The number of amides is 1. The highest BCUT2D eigenvalue weighted by atomic mass is 35.5. The number of pyridine rings is 1. The van der Waals surface area contributed by atoms with Crippen molar-refractivity contribution in [2.45, 2.75) is 46.3 Å². The molecule has 0 radical (unpaired) electrons. The minimum atomic E-state index is -0.547. The first kappa shape index (κ1) is 19.1. The number of rotatable bonds is 5. The van der Waals surface area contributed by atoms with Gasteiger partial charge < -0.3 is 19.2 Å². The fourth-order valence-electron chi connectivity index (χ4n) is 1.95. The van der Waals surface area contributed by atoms with Crippen molar-refractivity contribution in [1.29, 1.82) is 0 Å². The monoisotopic (exact) mass is 367 g/mol. The highest BCUT2D eigenvalue weighted by Crippen LogP contribution is 2.26. The van der Waals surface area contributed by atoms with Gasteiger partial charge in [0.2, 0.25) is 5.89 Å². The minimum absolute atomic E-state index is 0.214. The van der Waals surface area contributed by atoms with Gasteiger partial charge in [0.1, 0.15) is 23.6 Å². The maximum atomic E-state index is 11.7. The van der Waals surface area contributed by atoms with Crippen LogP contribution in [0.25, 0.3) is 11.5 Å². The maximum absolute atomic E-state index is 11.7. The van der Waals surface area contributed by atoms with Crippen LogP contribution in [0.15, 0.2) is 22.9 Å². The first-order chi connectivity index (χ1) is 11.6.